The molecule has 41 heavy (non-hydrogen) atoms. The van der Waals surface area contributed by atoms with E-state index < -0.39 is 0 Å². The Labute approximate surface area is 249 Å². The third kappa shape index (κ3) is 5.37. The van der Waals surface area contributed by atoms with Crippen molar-refractivity contribution >= 4 is 17.8 Å². The van der Waals surface area contributed by atoms with Gasteiger partial charge in [-0.25, -0.2) is 4.79 Å². The van der Waals surface area contributed by atoms with Gasteiger partial charge in [-0.1, -0.05) is 52.4 Å². The Morgan fingerprint density at radius 2 is 1.46 bits per heavy atom. The number of nitrogens with one attached hydrogen (secondary N) is 1. The molecule has 6 aliphatic rings. The van der Waals surface area contributed by atoms with Crippen LogP contribution in [0.1, 0.15) is 129 Å². The van der Waals surface area contributed by atoms with Crippen LogP contribution in [0, 0.1) is 46.3 Å². The summed E-state index contributed by atoms with van der Waals surface area (Å²) >= 11 is 0. The second kappa shape index (κ2) is 11.8. The summed E-state index contributed by atoms with van der Waals surface area (Å²) in [5, 5.41) is 3.25. The van der Waals surface area contributed by atoms with Crippen molar-refractivity contribution in [3.05, 3.63) is 0 Å². The van der Waals surface area contributed by atoms with E-state index in [0.29, 0.717) is 54.5 Å². The second-order valence-corrected chi connectivity index (χ2v) is 15.8. The molecule has 0 aromatic carbocycles. The van der Waals surface area contributed by atoms with Crippen LogP contribution in [0.4, 0.5) is 4.79 Å². The highest BCUT2D eigenvalue weighted by atomic mass is 16.2. The van der Waals surface area contributed by atoms with Gasteiger partial charge in [0.2, 0.25) is 11.8 Å². The molecule has 6 nitrogen and oxygen atoms in total. The summed E-state index contributed by atoms with van der Waals surface area (Å²) in [5.74, 6) is 3.25. The van der Waals surface area contributed by atoms with E-state index in [0.717, 1.165) is 57.9 Å². The first kappa shape index (κ1) is 29.5. The van der Waals surface area contributed by atoms with Gasteiger partial charge in [0.1, 0.15) is 0 Å². The van der Waals surface area contributed by atoms with Crippen molar-refractivity contribution in [3.8, 4) is 0 Å². The molecule has 0 spiro atoms. The Balaban J connectivity index is 1.18. The van der Waals surface area contributed by atoms with Crippen molar-refractivity contribution < 1.29 is 14.4 Å². The van der Waals surface area contributed by atoms with Crippen LogP contribution in [0.2, 0.25) is 0 Å². The Bertz CT molecular complexity index is 987. The van der Waals surface area contributed by atoms with Crippen LogP contribution < -0.4 is 5.32 Å². The van der Waals surface area contributed by atoms with Crippen molar-refractivity contribution in [1.82, 2.24) is 15.1 Å². The summed E-state index contributed by atoms with van der Waals surface area (Å²) in [4.78, 5) is 44.6. The Morgan fingerprint density at radius 3 is 2.17 bits per heavy atom. The Hall–Kier alpha value is -1.59. The van der Waals surface area contributed by atoms with Crippen molar-refractivity contribution in [3.63, 3.8) is 0 Å². The molecule has 7 atom stereocenters. The van der Waals surface area contributed by atoms with Crippen molar-refractivity contribution in [2.75, 3.05) is 20.1 Å². The first-order chi connectivity index (χ1) is 19.7. The Kier molecular flexibility index (Phi) is 8.51. The lowest BCUT2D eigenvalue weighted by molar-refractivity contribution is -0.160. The third-order valence-corrected chi connectivity index (χ3v) is 13.8. The summed E-state index contributed by atoms with van der Waals surface area (Å²) in [5.41, 5.74) is 0.174. The van der Waals surface area contributed by atoms with Gasteiger partial charge in [-0.2, -0.15) is 0 Å². The fraction of sp³-hybridized carbons (Fsp3) is 0.914. The quantitative estimate of drug-likeness (QED) is 0.383. The predicted molar refractivity (Wildman–Crippen MR) is 162 cm³/mol. The van der Waals surface area contributed by atoms with Gasteiger partial charge >= 0.3 is 6.03 Å². The standard InChI is InChI=1S/C35H57N3O3/c1-34-20-18-28-26(14-17-30-35(28,2)21-19-31(39)37(30)3)27(34)15-16-29(34)32(40)38(23-25-12-8-5-9-13-25)33(41)36-22-24-10-6-4-7-11-24/h24-30H,4-23H2,1-3H3,(H,36,41)/t26-,27-,28+,29?,30?,34-,35+/m0/s1. The first-order valence-corrected chi connectivity index (χ1v) is 17.6. The minimum atomic E-state index is -0.116. The lowest BCUT2D eigenvalue weighted by Gasteiger charge is -2.61. The first-order valence-electron chi connectivity index (χ1n) is 17.6. The van der Waals surface area contributed by atoms with E-state index in [1.807, 2.05) is 7.05 Å². The largest absolute Gasteiger partial charge is 0.342 e. The molecule has 2 unspecified atom stereocenters. The minimum absolute atomic E-state index is 0.0215. The molecule has 6 rings (SSSR count). The molecular formula is C35H57N3O3. The molecule has 6 heteroatoms. The lowest BCUT2D eigenvalue weighted by atomic mass is 9.47. The summed E-state index contributed by atoms with van der Waals surface area (Å²) in [6.07, 6.45) is 20.5. The van der Waals surface area contributed by atoms with E-state index in [4.69, 9.17) is 0 Å². The zero-order valence-corrected chi connectivity index (χ0v) is 26.3. The van der Waals surface area contributed by atoms with Crippen LogP contribution in [0.15, 0.2) is 0 Å². The van der Waals surface area contributed by atoms with Crippen LogP contribution in [0.3, 0.4) is 0 Å². The third-order valence-electron chi connectivity index (χ3n) is 13.8. The average Bonchev–Trinajstić information content (AvgIpc) is 3.35. The zero-order valence-electron chi connectivity index (χ0n) is 26.3. The van der Waals surface area contributed by atoms with Gasteiger partial charge in [-0.15, -0.1) is 0 Å². The number of imide groups is 1. The SMILES string of the molecule is CN1C(=O)CC[C@@]2(C)C1CC[C@@H]1[C@H]2CC[C@]2(C)C(C(=O)N(CC3CCCCC3)C(=O)NCC3CCCCC3)CC[C@@H]12. The van der Waals surface area contributed by atoms with E-state index in [1.54, 1.807) is 4.90 Å². The highest BCUT2D eigenvalue weighted by molar-refractivity contribution is 5.96. The average molecular weight is 568 g/mol. The molecule has 1 N–H and O–H groups in total. The maximum Gasteiger partial charge on any atom is 0.324 e. The summed E-state index contributed by atoms with van der Waals surface area (Å²) in [6, 6.07) is 0.252. The van der Waals surface area contributed by atoms with Crippen LogP contribution >= 0.6 is 0 Å². The molecule has 6 fully saturated rings. The van der Waals surface area contributed by atoms with Gasteiger partial charge in [0, 0.05) is 38.5 Å². The highest BCUT2D eigenvalue weighted by Crippen LogP contribution is 2.66. The van der Waals surface area contributed by atoms with Gasteiger partial charge in [-0.05, 0) is 111 Å². The zero-order chi connectivity index (χ0) is 28.8. The topological polar surface area (TPSA) is 69.7 Å². The van der Waals surface area contributed by atoms with Gasteiger partial charge in [0.25, 0.3) is 0 Å². The fourth-order valence-electron chi connectivity index (χ4n) is 11.4. The van der Waals surface area contributed by atoms with Crippen LogP contribution in [0.25, 0.3) is 0 Å². The van der Waals surface area contributed by atoms with E-state index in [9.17, 15) is 14.4 Å². The summed E-state index contributed by atoms with van der Waals surface area (Å²) in [7, 11) is 2.03. The molecule has 1 saturated heterocycles. The molecular weight excluding hydrogens is 510 g/mol. The normalized spacial score (nSPS) is 39.9. The van der Waals surface area contributed by atoms with Gasteiger partial charge in [-0.3, -0.25) is 14.5 Å². The Morgan fingerprint density at radius 1 is 0.805 bits per heavy atom. The number of urea groups is 1. The van der Waals surface area contributed by atoms with Crippen molar-refractivity contribution in [1.29, 1.82) is 0 Å². The molecule has 1 heterocycles. The van der Waals surface area contributed by atoms with E-state index in [-0.39, 0.29) is 28.7 Å². The van der Waals surface area contributed by atoms with E-state index in [1.165, 1.54) is 57.8 Å². The highest BCUT2D eigenvalue weighted by Gasteiger charge is 2.62. The van der Waals surface area contributed by atoms with Gasteiger partial charge < -0.3 is 10.2 Å². The number of hydrogen-bond donors (Lipinski definition) is 1. The molecule has 4 amide bonds. The smallest absolute Gasteiger partial charge is 0.324 e. The number of piperidine rings is 1. The van der Waals surface area contributed by atoms with Crippen LogP contribution in [-0.2, 0) is 9.59 Å². The van der Waals surface area contributed by atoms with Crippen LogP contribution in [-0.4, -0.2) is 53.8 Å². The number of hydrogen-bond acceptors (Lipinski definition) is 3. The maximum absolute atomic E-state index is 14.5. The van der Waals surface area contributed by atoms with Crippen molar-refractivity contribution in [2.24, 2.45) is 46.3 Å². The maximum atomic E-state index is 14.5. The van der Waals surface area contributed by atoms with E-state index >= 15 is 0 Å². The predicted octanol–water partition coefficient (Wildman–Crippen LogP) is 7.16. The van der Waals surface area contributed by atoms with Crippen LogP contribution in [0.5, 0.6) is 0 Å². The van der Waals surface area contributed by atoms with Gasteiger partial charge in [0.15, 0.2) is 0 Å². The number of nitrogens with zero attached hydrogens (tertiary/aromatic N) is 2. The van der Waals surface area contributed by atoms with Crippen molar-refractivity contribution in [2.45, 2.75) is 135 Å². The minimum Gasteiger partial charge on any atom is -0.342 e. The second-order valence-electron chi connectivity index (χ2n) is 15.8. The molecule has 0 radical (unpaired) electrons. The number of likely N-dealkylation sites (tertiary alicyclic amines) is 1. The monoisotopic (exact) mass is 567 g/mol. The summed E-state index contributed by atoms with van der Waals surface area (Å²) < 4.78 is 0. The number of carbonyl (C=O) groups is 3. The summed E-state index contributed by atoms with van der Waals surface area (Å²) in [6.45, 7) is 6.21. The molecule has 230 valence electrons. The molecule has 0 aromatic rings. The lowest BCUT2D eigenvalue weighted by Crippen LogP contribution is -2.61. The number of rotatable bonds is 5. The molecule has 1 aliphatic heterocycles. The number of amides is 4. The number of carbonyl (C=O) groups excluding carboxylic acids is 3. The molecule has 0 bridgehead atoms. The molecule has 5 saturated carbocycles. The number of fused-ring (bicyclic) bond motifs is 5. The molecule has 0 aromatic heterocycles. The van der Waals surface area contributed by atoms with E-state index in [2.05, 4.69) is 24.1 Å². The fourth-order valence-corrected chi connectivity index (χ4v) is 11.4. The van der Waals surface area contributed by atoms with Gasteiger partial charge in [0.05, 0.1) is 0 Å². The molecule has 5 aliphatic carbocycles.